The largest absolute Gasteiger partial charge is 0.497 e. The number of thioether (sulfide) groups is 1. The van der Waals surface area contributed by atoms with Crippen LogP contribution in [0.3, 0.4) is 0 Å². The van der Waals surface area contributed by atoms with Gasteiger partial charge in [-0.25, -0.2) is 0 Å². The predicted octanol–water partition coefficient (Wildman–Crippen LogP) is 6.65. The standard InChI is InChI=1S/C22H17BrClN3OS/c1-28-20-12-10-19(11-13-20)27-21(16-4-8-18(24)9-5-16)25-26-22(27)29-14-15-2-6-17(23)7-3-15/h2-13H,14H2,1H3. The van der Waals surface area contributed by atoms with Gasteiger partial charge in [-0.1, -0.05) is 51.4 Å². The Balaban J connectivity index is 1.71. The molecule has 3 aromatic carbocycles. The summed E-state index contributed by atoms with van der Waals surface area (Å²) < 4.78 is 8.42. The maximum Gasteiger partial charge on any atom is 0.196 e. The molecule has 1 aromatic heterocycles. The monoisotopic (exact) mass is 485 g/mol. The molecule has 0 radical (unpaired) electrons. The molecule has 0 saturated carbocycles. The topological polar surface area (TPSA) is 39.9 Å². The Kier molecular flexibility index (Phi) is 6.23. The summed E-state index contributed by atoms with van der Waals surface area (Å²) in [6, 6.07) is 23.8. The van der Waals surface area contributed by atoms with Crippen LogP contribution in [-0.2, 0) is 5.75 Å². The van der Waals surface area contributed by atoms with E-state index in [1.807, 2.05) is 60.7 Å². The van der Waals surface area contributed by atoms with Gasteiger partial charge in [0.05, 0.1) is 7.11 Å². The van der Waals surface area contributed by atoms with Crippen molar-refractivity contribution >= 4 is 39.3 Å². The Morgan fingerprint density at radius 2 is 1.62 bits per heavy atom. The van der Waals surface area contributed by atoms with Crippen molar-refractivity contribution in [1.82, 2.24) is 14.8 Å². The lowest BCUT2D eigenvalue weighted by molar-refractivity contribution is 0.414. The van der Waals surface area contributed by atoms with Crippen LogP contribution in [0.25, 0.3) is 17.1 Å². The molecule has 0 bridgehead atoms. The average molecular weight is 487 g/mol. The van der Waals surface area contributed by atoms with Crippen molar-refractivity contribution in [3.63, 3.8) is 0 Å². The number of nitrogens with zero attached hydrogens (tertiary/aromatic N) is 3. The van der Waals surface area contributed by atoms with Gasteiger partial charge in [0.25, 0.3) is 0 Å². The van der Waals surface area contributed by atoms with Gasteiger partial charge in [-0.3, -0.25) is 4.57 Å². The molecule has 4 nitrogen and oxygen atoms in total. The number of hydrogen-bond donors (Lipinski definition) is 0. The third-order valence-electron chi connectivity index (χ3n) is 4.35. The highest BCUT2D eigenvalue weighted by Crippen LogP contribution is 2.31. The molecule has 0 amide bonds. The quantitative estimate of drug-likeness (QED) is 0.286. The van der Waals surface area contributed by atoms with E-state index >= 15 is 0 Å². The van der Waals surface area contributed by atoms with Gasteiger partial charge >= 0.3 is 0 Å². The Morgan fingerprint density at radius 3 is 2.28 bits per heavy atom. The molecule has 29 heavy (non-hydrogen) atoms. The van der Waals surface area contributed by atoms with Crippen LogP contribution in [0.5, 0.6) is 5.75 Å². The van der Waals surface area contributed by atoms with Crippen LogP contribution < -0.4 is 4.74 Å². The summed E-state index contributed by atoms with van der Waals surface area (Å²) in [4.78, 5) is 0. The molecule has 0 saturated heterocycles. The van der Waals surface area contributed by atoms with E-state index in [9.17, 15) is 0 Å². The zero-order valence-corrected chi connectivity index (χ0v) is 18.7. The fourth-order valence-corrected chi connectivity index (χ4v) is 4.14. The Labute approximate surface area is 187 Å². The van der Waals surface area contributed by atoms with Crippen molar-refractivity contribution in [3.05, 3.63) is 87.9 Å². The first kappa shape index (κ1) is 20.0. The number of ether oxygens (including phenoxy) is 1. The van der Waals surface area contributed by atoms with Gasteiger partial charge in [-0.15, -0.1) is 10.2 Å². The number of halogens is 2. The molecular formula is C22H17BrClN3OS. The second-order valence-electron chi connectivity index (χ2n) is 6.26. The maximum atomic E-state index is 6.06. The summed E-state index contributed by atoms with van der Waals surface area (Å²) in [6.07, 6.45) is 0. The Bertz CT molecular complexity index is 1100. The molecule has 7 heteroatoms. The molecule has 1 heterocycles. The highest BCUT2D eigenvalue weighted by molar-refractivity contribution is 9.10. The fraction of sp³-hybridized carbons (Fsp3) is 0.0909. The van der Waals surface area contributed by atoms with Gasteiger partial charge in [0.15, 0.2) is 11.0 Å². The van der Waals surface area contributed by atoms with E-state index in [2.05, 4.69) is 42.8 Å². The summed E-state index contributed by atoms with van der Waals surface area (Å²) in [5, 5.41) is 10.5. The minimum absolute atomic E-state index is 0.689. The second-order valence-corrected chi connectivity index (χ2v) is 8.56. The van der Waals surface area contributed by atoms with Crippen molar-refractivity contribution < 1.29 is 4.74 Å². The molecule has 0 N–H and O–H groups in total. The van der Waals surface area contributed by atoms with Crippen LogP contribution in [0.2, 0.25) is 5.02 Å². The fourth-order valence-electron chi connectivity index (χ4n) is 2.84. The lowest BCUT2D eigenvalue weighted by Crippen LogP contribution is -2.00. The highest BCUT2D eigenvalue weighted by atomic mass is 79.9. The zero-order chi connectivity index (χ0) is 20.2. The van der Waals surface area contributed by atoms with Gasteiger partial charge < -0.3 is 4.74 Å². The van der Waals surface area contributed by atoms with Crippen molar-refractivity contribution in [2.24, 2.45) is 0 Å². The van der Waals surface area contributed by atoms with Crippen LogP contribution >= 0.6 is 39.3 Å². The number of rotatable bonds is 6. The van der Waals surface area contributed by atoms with Gasteiger partial charge in [-0.2, -0.15) is 0 Å². The van der Waals surface area contributed by atoms with Crippen molar-refractivity contribution in [2.45, 2.75) is 10.9 Å². The molecule has 4 rings (SSSR count). The third-order valence-corrected chi connectivity index (χ3v) is 6.13. The number of benzene rings is 3. The first-order valence-electron chi connectivity index (χ1n) is 8.87. The van der Waals surface area contributed by atoms with Gasteiger partial charge in [-0.05, 0) is 66.2 Å². The van der Waals surface area contributed by atoms with Crippen LogP contribution in [0.4, 0.5) is 0 Å². The molecule has 146 valence electrons. The number of methoxy groups -OCH3 is 1. The summed E-state index contributed by atoms with van der Waals surface area (Å²) in [6.45, 7) is 0. The van der Waals surface area contributed by atoms with Crippen LogP contribution in [0.1, 0.15) is 5.56 Å². The molecular weight excluding hydrogens is 470 g/mol. The summed E-state index contributed by atoms with van der Waals surface area (Å²) in [5.74, 6) is 2.37. The first-order valence-corrected chi connectivity index (χ1v) is 11.0. The zero-order valence-electron chi connectivity index (χ0n) is 15.5. The van der Waals surface area contributed by atoms with Crippen LogP contribution in [0.15, 0.2) is 82.4 Å². The SMILES string of the molecule is COc1ccc(-n2c(SCc3ccc(Br)cc3)nnc2-c2ccc(Cl)cc2)cc1. The first-order chi connectivity index (χ1) is 14.1. The molecule has 4 aromatic rings. The minimum atomic E-state index is 0.689. The number of hydrogen-bond acceptors (Lipinski definition) is 4. The van der Waals surface area contributed by atoms with Crippen molar-refractivity contribution in [3.8, 4) is 22.8 Å². The van der Waals surface area contributed by atoms with E-state index in [1.54, 1.807) is 18.9 Å². The lowest BCUT2D eigenvalue weighted by atomic mass is 10.2. The second kappa shape index (κ2) is 9.03. The highest BCUT2D eigenvalue weighted by Gasteiger charge is 2.16. The molecule has 0 aliphatic rings. The third kappa shape index (κ3) is 4.66. The molecule has 0 aliphatic carbocycles. The van der Waals surface area contributed by atoms with E-state index in [-0.39, 0.29) is 0 Å². The van der Waals surface area contributed by atoms with Crippen LogP contribution in [0, 0.1) is 0 Å². The van der Waals surface area contributed by atoms with E-state index in [0.29, 0.717) is 5.02 Å². The Hall–Kier alpha value is -2.28. The van der Waals surface area contributed by atoms with E-state index in [0.717, 1.165) is 38.2 Å². The van der Waals surface area contributed by atoms with Gasteiger partial charge in [0, 0.05) is 26.5 Å². The summed E-state index contributed by atoms with van der Waals surface area (Å²) >= 11 is 11.2. The summed E-state index contributed by atoms with van der Waals surface area (Å²) in [5.41, 5.74) is 3.14. The summed E-state index contributed by atoms with van der Waals surface area (Å²) in [7, 11) is 1.66. The molecule has 0 spiro atoms. The smallest absolute Gasteiger partial charge is 0.196 e. The normalized spacial score (nSPS) is 10.9. The van der Waals surface area contributed by atoms with E-state index in [1.165, 1.54) is 5.56 Å². The predicted molar refractivity (Wildman–Crippen MR) is 122 cm³/mol. The van der Waals surface area contributed by atoms with Crippen molar-refractivity contribution in [1.29, 1.82) is 0 Å². The van der Waals surface area contributed by atoms with E-state index < -0.39 is 0 Å². The van der Waals surface area contributed by atoms with Gasteiger partial charge in [0.1, 0.15) is 5.75 Å². The number of aromatic nitrogens is 3. The lowest BCUT2D eigenvalue weighted by Gasteiger charge is -2.11. The molecule has 0 atom stereocenters. The maximum absolute atomic E-state index is 6.06. The Morgan fingerprint density at radius 1 is 0.931 bits per heavy atom. The van der Waals surface area contributed by atoms with Gasteiger partial charge in [0.2, 0.25) is 0 Å². The van der Waals surface area contributed by atoms with Crippen LogP contribution in [-0.4, -0.2) is 21.9 Å². The minimum Gasteiger partial charge on any atom is -0.497 e. The molecule has 0 unspecified atom stereocenters. The molecule has 0 aliphatic heterocycles. The van der Waals surface area contributed by atoms with Crippen molar-refractivity contribution in [2.75, 3.05) is 7.11 Å². The van der Waals surface area contributed by atoms with E-state index in [4.69, 9.17) is 16.3 Å². The molecule has 0 fully saturated rings. The average Bonchev–Trinajstić information content (AvgIpc) is 3.18.